The van der Waals surface area contributed by atoms with E-state index in [9.17, 15) is 4.79 Å². The van der Waals surface area contributed by atoms with Crippen molar-refractivity contribution in [2.45, 2.75) is 6.54 Å². The average molecular weight is 267 g/mol. The molecule has 6 heteroatoms. The normalized spacial score (nSPS) is 10.7. The van der Waals surface area contributed by atoms with Crippen LogP contribution in [0.25, 0.3) is 10.9 Å². The lowest BCUT2D eigenvalue weighted by Crippen LogP contribution is -2.23. The first-order chi connectivity index (χ1) is 9.74. The maximum Gasteiger partial charge on any atom is 0.258 e. The van der Waals surface area contributed by atoms with Crippen LogP contribution in [0, 0.1) is 0 Å². The summed E-state index contributed by atoms with van der Waals surface area (Å²) in [5, 5.41) is 0.592. The van der Waals surface area contributed by atoms with Crippen LogP contribution < -0.4 is 10.5 Å². The Morgan fingerprint density at radius 1 is 1.15 bits per heavy atom. The van der Waals surface area contributed by atoms with Gasteiger partial charge in [0.25, 0.3) is 5.56 Å². The number of fused-ring (bicyclic) bond motifs is 1. The number of para-hydroxylation sites is 1. The van der Waals surface area contributed by atoms with Crippen molar-refractivity contribution in [3.05, 3.63) is 58.9 Å². The van der Waals surface area contributed by atoms with Crippen LogP contribution >= 0.6 is 0 Å². The molecule has 0 aliphatic carbocycles. The summed E-state index contributed by atoms with van der Waals surface area (Å²) in [4.78, 5) is 29.3. The number of rotatable bonds is 3. The molecule has 20 heavy (non-hydrogen) atoms. The Labute approximate surface area is 115 Å². The third-order valence-electron chi connectivity index (χ3n) is 2.94. The van der Waals surface area contributed by atoms with Crippen LogP contribution in [0.5, 0.6) is 0 Å². The molecule has 2 heterocycles. The lowest BCUT2D eigenvalue weighted by Gasteiger charge is -2.15. The van der Waals surface area contributed by atoms with Crippen LogP contribution in [0.1, 0.15) is 5.82 Å². The fourth-order valence-corrected chi connectivity index (χ4v) is 1.99. The van der Waals surface area contributed by atoms with E-state index in [1.807, 2.05) is 30.1 Å². The maximum atomic E-state index is 12.0. The van der Waals surface area contributed by atoms with E-state index in [0.717, 1.165) is 0 Å². The number of hydrogen-bond acceptors (Lipinski definition) is 5. The number of nitrogens with zero attached hydrogens (tertiary/aromatic N) is 4. The zero-order valence-corrected chi connectivity index (χ0v) is 10.9. The molecule has 0 aliphatic rings. The second kappa shape index (κ2) is 5.08. The van der Waals surface area contributed by atoms with Gasteiger partial charge in [-0.1, -0.05) is 12.1 Å². The molecule has 2 aromatic heterocycles. The Bertz CT molecular complexity index is 784. The third kappa shape index (κ3) is 2.35. The summed E-state index contributed by atoms with van der Waals surface area (Å²) < 4.78 is 0. The van der Waals surface area contributed by atoms with Gasteiger partial charge < -0.3 is 9.88 Å². The standard InChI is InChI=1S/C14H13N5O/c1-19(14-15-7-4-8-16-14)9-12-17-11-6-3-2-5-10(11)13(20)18-12/h2-8H,9H2,1H3,(H,17,18,20). The molecule has 0 spiro atoms. The van der Waals surface area contributed by atoms with Crippen LogP contribution in [0.4, 0.5) is 5.95 Å². The maximum absolute atomic E-state index is 12.0. The molecule has 100 valence electrons. The molecule has 0 fully saturated rings. The molecule has 0 radical (unpaired) electrons. The van der Waals surface area contributed by atoms with Gasteiger partial charge in [-0.3, -0.25) is 4.79 Å². The lowest BCUT2D eigenvalue weighted by atomic mass is 10.2. The van der Waals surface area contributed by atoms with Gasteiger partial charge in [-0.2, -0.15) is 0 Å². The average Bonchev–Trinajstić information content (AvgIpc) is 2.48. The summed E-state index contributed by atoms with van der Waals surface area (Å²) in [6, 6.07) is 9.03. The molecule has 1 N–H and O–H groups in total. The Balaban J connectivity index is 1.93. The highest BCUT2D eigenvalue weighted by molar-refractivity contribution is 5.77. The van der Waals surface area contributed by atoms with E-state index in [2.05, 4.69) is 19.9 Å². The Kier molecular flexibility index (Phi) is 3.12. The SMILES string of the molecule is CN(Cc1nc2ccccc2c(=O)[nH]1)c1ncccn1. The van der Waals surface area contributed by atoms with Crippen molar-refractivity contribution in [3.63, 3.8) is 0 Å². The highest BCUT2D eigenvalue weighted by Gasteiger charge is 2.08. The number of aromatic nitrogens is 4. The largest absolute Gasteiger partial charge is 0.336 e. The second-order valence-electron chi connectivity index (χ2n) is 4.43. The first-order valence-electron chi connectivity index (χ1n) is 6.20. The van der Waals surface area contributed by atoms with E-state index < -0.39 is 0 Å². The van der Waals surface area contributed by atoms with Crippen molar-refractivity contribution < 1.29 is 0 Å². The smallest absolute Gasteiger partial charge is 0.258 e. The minimum absolute atomic E-state index is 0.131. The van der Waals surface area contributed by atoms with Crippen LogP contribution in [0.2, 0.25) is 0 Å². The zero-order chi connectivity index (χ0) is 13.9. The minimum atomic E-state index is -0.131. The topological polar surface area (TPSA) is 74.8 Å². The summed E-state index contributed by atoms with van der Waals surface area (Å²) in [6.07, 6.45) is 3.35. The van der Waals surface area contributed by atoms with Gasteiger partial charge in [0, 0.05) is 19.4 Å². The van der Waals surface area contributed by atoms with Gasteiger partial charge in [0.2, 0.25) is 5.95 Å². The van der Waals surface area contributed by atoms with E-state index in [0.29, 0.717) is 29.2 Å². The highest BCUT2D eigenvalue weighted by Crippen LogP contribution is 2.09. The molecule has 0 unspecified atom stereocenters. The Morgan fingerprint density at radius 3 is 2.70 bits per heavy atom. The van der Waals surface area contributed by atoms with Crippen molar-refractivity contribution in [2.75, 3.05) is 11.9 Å². The molecule has 0 atom stereocenters. The highest BCUT2D eigenvalue weighted by atomic mass is 16.1. The fourth-order valence-electron chi connectivity index (χ4n) is 1.99. The van der Waals surface area contributed by atoms with Gasteiger partial charge in [-0.05, 0) is 18.2 Å². The summed E-state index contributed by atoms with van der Waals surface area (Å²) in [6.45, 7) is 0.435. The summed E-state index contributed by atoms with van der Waals surface area (Å²) >= 11 is 0. The van der Waals surface area contributed by atoms with Crippen molar-refractivity contribution in [3.8, 4) is 0 Å². The molecule has 0 aliphatic heterocycles. The quantitative estimate of drug-likeness (QED) is 0.775. The number of nitrogens with one attached hydrogen (secondary N) is 1. The van der Waals surface area contributed by atoms with Crippen molar-refractivity contribution in [2.24, 2.45) is 0 Å². The van der Waals surface area contributed by atoms with Gasteiger partial charge in [0.1, 0.15) is 5.82 Å². The van der Waals surface area contributed by atoms with Gasteiger partial charge in [0.15, 0.2) is 0 Å². The molecule has 0 saturated heterocycles. The zero-order valence-electron chi connectivity index (χ0n) is 10.9. The van der Waals surface area contributed by atoms with E-state index in [-0.39, 0.29) is 5.56 Å². The van der Waals surface area contributed by atoms with Crippen LogP contribution in [0.15, 0.2) is 47.5 Å². The van der Waals surface area contributed by atoms with Gasteiger partial charge in [0.05, 0.1) is 17.4 Å². The third-order valence-corrected chi connectivity index (χ3v) is 2.94. The summed E-state index contributed by atoms with van der Waals surface area (Å²) in [7, 11) is 1.85. The molecule has 1 aromatic carbocycles. The van der Waals surface area contributed by atoms with E-state index in [1.54, 1.807) is 24.5 Å². The van der Waals surface area contributed by atoms with Crippen molar-refractivity contribution in [1.29, 1.82) is 0 Å². The van der Waals surface area contributed by atoms with E-state index in [4.69, 9.17) is 0 Å². The molecular weight excluding hydrogens is 254 g/mol. The van der Waals surface area contributed by atoms with Gasteiger partial charge in [-0.25, -0.2) is 15.0 Å². The van der Waals surface area contributed by atoms with E-state index in [1.165, 1.54) is 0 Å². The van der Waals surface area contributed by atoms with Gasteiger partial charge >= 0.3 is 0 Å². The van der Waals surface area contributed by atoms with Crippen molar-refractivity contribution in [1.82, 2.24) is 19.9 Å². The minimum Gasteiger partial charge on any atom is -0.336 e. The predicted molar refractivity (Wildman–Crippen MR) is 76.5 cm³/mol. The number of benzene rings is 1. The molecule has 0 bridgehead atoms. The van der Waals surface area contributed by atoms with Crippen molar-refractivity contribution >= 4 is 16.9 Å². The molecule has 0 saturated carbocycles. The second-order valence-corrected chi connectivity index (χ2v) is 4.43. The lowest BCUT2D eigenvalue weighted by molar-refractivity contribution is 0.808. The predicted octanol–water partition coefficient (Wildman–Crippen LogP) is 1.35. The Morgan fingerprint density at radius 2 is 1.90 bits per heavy atom. The first kappa shape index (κ1) is 12.3. The fraction of sp³-hybridized carbons (Fsp3) is 0.143. The molecule has 3 aromatic rings. The monoisotopic (exact) mass is 267 g/mol. The first-order valence-corrected chi connectivity index (χ1v) is 6.20. The number of H-pyrrole nitrogens is 1. The molecule has 6 nitrogen and oxygen atoms in total. The van der Waals surface area contributed by atoms with Crippen LogP contribution in [-0.4, -0.2) is 27.0 Å². The van der Waals surface area contributed by atoms with Crippen LogP contribution in [0.3, 0.4) is 0 Å². The summed E-state index contributed by atoms with van der Waals surface area (Å²) in [5.41, 5.74) is 0.557. The Hall–Kier alpha value is -2.76. The number of hydrogen-bond donors (Lipinski definition) is 1. The van der Waals surface area contributed by atoms with Gasteiger partial charge in [-0.15, -0.1) is 0 Å². The number of aromatic amines is 1. The van der Waals surface area contributed by atoms with E-state index >= 15 is 0 Å². The molecule has 0 amide bonds. The number of anilines is 1. The van der Waals surface area contributed by atoms with Crippen LogP contribution in [-0.2, 0) is 6.54 Å². The molecular formula is C14H13N5O. The summed E-state index contributed by atoms with van der Waals surface area (Å²) in [5.74, 6) is 1.17. The molecule has 3 rings (SSSR count).